The van der Waals surface area contributed by atoms with Crippen LogP contribution in [0, 0.1) is 0 Å². The molecular formula is C19H19N5O3S. The Morgan fingerprint density at radius 2 is 1.75 bits per heavy atom. The summed E-state index contributed by atoms with van der Waals surface area (Å²) in [6, 6.07) is 13.3. The zero-order chi connectivity index (χ0) is 19.7. The number of sulfonamides is 1. The van der Waals surface area contributed by atoms with Gasteiger partial charge in [-0.1, -0.05) is 18.2 Å². The van der Waals surface area contributed by atoms with Crippen LogP contribution in [-0.4, -0.2) is 46.4 Å². The van der Waals surface area contributed by atoms with E-state index in [1.54, 1.807) is 61.9 Å². The molecule has 0 atom stereocenters. The van der Waals surface area contributed by atoms with Gasteiger partial charge in [0, 0.05) is 44.2 Å². The van der Waals surface area contributed by atoms with E-state index in [4.69, 9.17) is 0 Å². The second kappa shape index (κ2) is 7.17. The lowest BCUT2D eigenvalue weighted by Crippen LogP contribution is -2.57. The molecule has 4 rings (SSSR count). The van der Waals surface area contributed by atoms with Gasteiger partial charge < -0.3 is 5.32 Å². The zero-order valence-electron chi connectivity index (χ0n) is 15.2. The van der Waals surface area contributed by atoms with Gasteiger partial charge in [-0.3, -0.25) is 14.3 Å². The normalized spacial score (nSPS) is 15.2. The molecule has 1 fully saturated rings. The van der Waals surface area contributed by atoms with Crippen LogP contribution in [0.1, 0.15) is 0 Å². The van der Waals surface area contributed by atoms with Crippen LogP contribution in [-0.2, 0) is 17.1 Å². The zero-order valence-corrected chi connectivity index (χ0v) is 16.0. The maximum Gasteiger partial charge on any atom is 0.255 e. The quantitative estimate of drug-likeness (QED) is 0.698. The van der Waals surface area contributed by atoms with Crippen molar-refractivity contribution in [1.29, 1.82) is 0 Å². The highest BCUT2D eigenvalue weighted by molar-refractivity contribution is 7.89. The summed E-state index contributed by atoms with van der Waals surface area (Å²) < 4.78 is 28.0. The Kier molecular flexibility index (Phi) is 4.70. The van der Waals surface area contributed by atoms with Crippen molar-refractivity contribution in [3.63, 3.8) is 0 Å². The third kappa shape index (κ3) is 3.41. The molecule has 0 unspecified atom stereocenters. The number of aromatic nitrogens is 3. The molecule has 3 aromatic rings. The van der Waals surface area contributed by atoms with Gasteiger partial charge in [0.05, 0.1) is 16.6 Å². The number of anilines is 1. The largest absolute Gasteiger partial charge is 0.350 e. The molecule has 1 aromatic carbocycles. The molecule has 0 radical (unpaired) electrons. The van der Waals surface area contributed by atoms with Crippen molar-refractivity contribution in [2.75, 3.05) is 18.4 Å². The highest BCUT2D eigenvalue weighted by Gasteiger charge is 2.37. The molecule has 144 valence electrons. The average Bonchev–Trinajstić information content (AvgIpc) is 2.68. The minimum atomic E-state index is -3.50. The fourth-order valence-corrected chi connectivity index (χ4v) is 4.54. The first-order valence-electron chi connectivity index (χ1n) is 8.75. The van der Waals surface area contributed by atoms with Crippen LogP contribution >= 0.6 is 0 Å². The van der Waals surface area contributed by atoms with Crippen LogP contribution in [0.3, 0.4) is 0 Å². The van der Waals surface area contributed by atoms with E-state index in [0.29, 0.717) is 24.7 Å². The lowest BCUT2D eigenvalue weighted by atomic mass is 10.2. The molecule has 9 heteroatoms. The van der Waals surface area contributed by atoms with Gasteiger partial charge in [-0.05, 0) is 24.3 Å². The van der Waals surface area contributed by atoms with E-state index in [2.05, 4.69) is 15.3 Å². The van der Waals surface area contributed by atoms with Gasteiger partial charge >= 0.3 is 0 Å². The summed E-state index contributed by atoms with van der Waals surface area (Å²) in [6.07, 6.45) is 3.28. The Labute approximate surface area is 162 Å². The van der Waals surface area contributed by atoms with Crippen molar-refractivity contribution in [1.82, 2.24) is 18.8 Å². The Bertz CT molecular complexity index is 1140. The van der Waals surface area contributed by atoms with Gasteiger partial charge in [-0.2, -0.15) is 4.31 Å². The van der Waals surface area contributed by atoms with Crippen molar-refractivity contribution in [2.24, 2.45) is 7.05 Å². The molecule has 3 heterocycles. The number of pyridine rings is 1. The average molecular weight is 397 g/mol. The van der Waals surface area contributed by atoms with Crippen LogP contribution in [0.15, 0.2) is 70.6 Å². The minimum absolute atomic E-state index is 0.121. The van der Waals surface area contributed by atoms with Crippen LogP contribution in [0.25, 0.3) is 11.3 Å². The van der Waals surface area contributed by atoms with E-state index >= 15 is 0 Å². The first kappa shape index (κ1) is 18.3. The maximum absolute atomic E-state index is 12.6. The Morgan fingerprint density at radius 3 is 2.43 bits per heavy atom. The summed E-state index contributed by atoms with van der Waals surface area (Å²) in [7, 11) is -1.87. The summed E-state index contributed by atoms with van der Waals surface area (Å²) in [6.45, 7) is 0.624. The fourth-order valence-electron chi connectivity index (χ4n) is 2.99. The van der Waals surface area contributed by atoms with Gasteiger partial charge in [0.1, 0.15) is 0 Å². The van der Waals surface area contributed by atoms with Crippen molar-refractivity contribution >= 4 is 16.0 Å². The predicted octanol–water partition coefficient (Wildman–Crippen LogP) is 1.33. The molecule has 28 heavy (non-hydrogen) atoms. The maximum atomic E-state index is 12.6. The SMILES string of the molecule is Cn1c(NC2CN(S(=O)(=O)c3ccccc3)C2)nc(-c2ccncc2)cc1=O. The number of benzene rings is 1. The standard InChI is InChI=1S/C19H19N5O3S/c1-23-18(25)11-17(14-7-9-20-10-8-14)22-19(23)21-15-12-24(13-15)28(26,27)16-5-3-2-4-6-16/h2-11,15H,12-13H2,1H3,(H,21,22). The summed E-state index contributed by atoms with van der Waals surface area (Å²) >= 11 is 0. The van der Waals surface area contributed by atoms with Gasteiger partial charge in [0.2, 0.25) is 16.0 Å². The fraction of sp³-hybridized carbons (Fsp3) is 0.211. The highest BCUT2D eigenvalue weighted by atomic mass is 32.2. The van der Waals surface area contributed by atoms with Gasteiger partial charge in [-0.25, -0.2) is 13.4 Å². The molecule has 1 saturated heterocycles. The first-order valence-corrected chi connectivity index (χ1v) is 10.2. The molecule has 0 saturated carbocycles. The van der Waals surface area contributed by atoms with Gasteiger partial charge in [-0.15, -0.1) is 0 Å². The lowest BCUT2D eigenvalue weighted by molar-refractivity contribution is 0.279. The van der Waals surface area contributed by atoms with E-state index in [1.165, 1.54) is 14.9 Å². The second-order valence-corrected chi connectivity index (χ2v) is 8.51. The molecule has 1 aliphatic heterocycles. The molecule has 0 spiro atoms. The van der Waals surface area contributed by atoms with Crippen LogP contribution < -0.4 is 10.9 Å². The monoisotopic (exact) mass is 397 g/mol. The van der Waals surface area contributed by atoms with E-state index < -0.39 is 10.0 Å². The molecule has 8 nitrogen and oxygen atoms in total. The van der Waals surface area contributed by atoms with Crippen molar-refractivity contribution in [2.45, 2.75) is 10.9 Å². The first-order chi connectivity index (χ1) is 13.4. The number of hydrogen-bond donors (Lipinski definition) is 1. The molecular weight excluding hydrogens is 378 g/mol. The smallest absolute Gasteiger partial charge is 0.255 e. The summed E-state index contributed by atoms with van der Waals surface area (Å²) in [4.78, 5) is 21.1. The lowest BCUT2D eigenvalue weighted by Gasteiger charge is -2.38. The second-order valence-electron chi connectivity index (χ2n) is 6.57. The topological polar surface area (TPSA) is 97.2 Å². The van der Waals surface area contributed by atoms with E-state index in [1.807, 2.05) is 0 Å². The Hall–Kier alpha value is -3.04. The summed E-state index contributed by atoms with van der Waals surface area (Å²) in [5, 5.41) is 3.18. The third-order valence-corrected chi connectivity index (χ3v) is 6.52. The van der Waals surface area contributed by atoms with E-state index in [0.717, 1.165) is 5.56 Å². The highest BCUT2D eigenvalue weighted by Crippen LogP contribution is 2.23. The third-order valence-electron chi connectivity index (χ3n) is 4.67. The van der Waals surface area contributed by atoms with Gasteiger partial charge in [0.15, 0.2) is 0 Å². The van der Waals surface area contributed by atoms with Crippen LogP contribution in [0.2, 0.25) is 0 Å². The van der Waals surface area contributed by atoms with E-state index in [9.17, 15) is 13.2 Å². The minimum Gasteiger partial charge on any atom is -0.350 e. The number of nitrogens with one attached hydrogen (secondary N) is 1. The Morgan fingerprint density at radius 1 is 1.07 bits per heavy atom. The summed E-state index contributed by atoms with van der Waals surface area (Å²) in [5.41, 5.74) is 1.14. The Balaban J connectivity index is 1.51. The van der Waals surface area contributed by atoms with Crippen molar-refractivity contribution in [3.05, 3.63) is 71.3 Å². The van der Waals surface area contributed by atoms with Crippen molar-refractivity contribution < 1.29 is 8.42 Å². The predicted molar refractivity (Wildman–Crippen MR) is 105 cm³/mol. The molecule has 1 N–H and O–H groups in total. The molecule has 1 aliphatic rings. The number of rotatable bonds is 5. The summed E-state index contributed by atoms with van der Waals surface area (Å²) in [5.74, 6) is 0.404. The van der Waals surface area contributed by atoms with Crippen molar-refractivity contribution in [3.8, 4) is 11.3 Å². The number of hydrogen-bond acceptors (Lipinski definition) is 6. The van der Waals surface area contributed by atoms with E-state index in [-0.39, 0.29) is 16.5 Å². The molecule has 2 aromatic heterocycles. The molecule has 0 amide bonds. The van der Waals surface area contributed by atoms with Crippen LogP contribution in [0.4, 0.5) is 5.95 Å². The number of nitrogens with zero attached hydrogens (tertiary/aromatic N) is 4. The molecule has 0 bridgehead atoms. The van der Waals surface area contributed by atoms with Gasteiger partial charge in [0.25, 0.3) is 5.56 Å². The van der Waals surface area contributed by atoms with Crippen LogP contribution in [0.5, 0.6) is 0 Å². The molecule has 0 aliphatic carbocycles.